The summed E-state index contributed by atoms with van der Waals surface area (Å²) < 4.78 is 16.9. The van der Waals surface area contributed by atoms with Crippen LogP contribution in [0.15, 0.2) is 39.2 Å². The highest BCUT2D eigenvalue weighted by atomic mass is 16.5. The normalized spacial score (nSPS) is 10.4. The van der Waals surface area contributed by atoms with E-state index in [1.54, 1.807) is 19.2 Å². The minimum atomic E-state index is 0.192. The molecule has 0 atom stereocenters. The van der Waals surface area contributed by atoms with Gasteiger partial charge in [0, 0.05) is 7.05 Å². The number of hydrogen-bond acceptors (Lipinski definition) is 6. The van der Waals surface area contributed by atoms with E-state index in [1.807, 2.05) is 31.2 Å². The van der Waals surface area contributed by atoms with E-state index < -0.39 is 0 Å². The number of nitriles is 1. The largest absolute Gasteiger partial charge is 0.486 e. The minimum Gasteiger partial charge on any atom is -0.486 e. The van der Waals surface area contributed by atoms with Gasteiger partial charge in [-0.25, -0.2) is 0 Å². The number of rotatable bonds is 5. The summed E-state index contributed by atoms with van der Waals surface area (Å²) in [6.45, 7) is 4.40. The summed E-state index contributed by atoms with van der Waals surface area (Å²) >= 11 is 0. The molecule has 6 nitrogen and oxygen atoms in total. The Kier molecular flexibility index (Phi) is 4.25. The molecule has 0 saturated carbocycles. The average molecular weight is 323 g/mol. The Bertz CT molecular complexity index is 903. The van der Waals surface area contributed by atoms with E-state index in [-0.39, 0.29) is 11.6 Å². The van der Waals surface area contributed by atoms with E-state index in [2.05, 4.69) is 17.2 Å². The summed E-state index contributed by atoms with van der Waals surface area (Å²) in [5.41, 5.74) is 2.59. The van der Waals surface area contributed by atoms with E-state index >= 15 is 0 Å². The first kappa shape index (κ1) is 15.7. The van der Waals surface area contributed by atoms with Crippen molar-refractivity contribution in [1.82, 2.24) is 4.98 Å². The van der Waals surface area contributed by atoms with E-state index in [9.17, 15) is 0 Å². The van der Waals surface area contributed by atoms with Gasteiger partial charge in [0.1, 0.15) is 24.2 Å². The van der Waals surface area contributed by atoms with Crippen molar-refractivity contribution >= 4 is 5.88 Å². The summed E-state index contributed by atoms with van der Waals surface area (Å²) in [5, 5.41) is 11.8. The highest BCUT2D eigenvalue weighted by Gasteiger charge is 2.16. The molecular weight excluding hydrogens is 306 g/mol. The number of nitrogens with one attached hydrogen (secondary N) is 1. The number of aromatic nitrogens is 1. The molecule has 0 unspecified atom stereocenters. The van der Waals surface area contributed by atoms with Crippen LogP contribution in [0.25, 0.3) is 11.7 Å². The second-order valence-corrected chi connectivity index (χ2v) is 5.36. The highest BCUT2D eigenvalue weighted by molar-refractivity contribution is 5.54. The molecule has 122 valence electrons. The molecule has 0 spiro atoms. The van der Waals surface area contributed by atoms with Crippen molar-refractivity contribution in [2.24, 2.45) is 0 Å². The second kappa shape index (κ2) is 6.50. The third-order valence-electron chi connectivity index (χ3n) is 3.69. The molecule has 2 aromatic heterocycles. The molecule has 0 saturated heterocycles. The SMILES string of the molecule is CNc1oc(-c2ccc(COc3ccc(C)c(C)c3)o2)nc1C#N. The van der Waals surface area contributed by atoms with Gasteiger partial charge in [-0.3, -0.25) is 0 Å². The standard InChI is InChI=1S/C18H17N3O3/c1-11-4-5-13(8-12(11)2)22-10-14-6-7-16(23-14)18-21-15(9-19)17(20-3)24-18/h4-8,20H,10H2,1-3H3. The zero-order valence-corrected chi connectivity index (χ0v) is 13.7. The van der Waals surface area contributed by atoms with E-state index in [4.69, 9.17) is 18.8 Å². The summed E-state index contributed by atoms with van der Waals surface area (Å²) in [5.74, 6) is 2.46. The third-order valence-corrected chi connectivity index (χ3v) is 3.69. The Morgan fingerprint density at radius 2 is 2.00 bits per heavy atom. The predicted octanol–water partition coefficient (Wildman–Crippen LogP) is 4.04. The van der Waals surface area contributed by atoms with Crippen LogP contribution < -0.4 is 10.1 Å². The Hall–Kier alpha value is -3.20. The van der Waals surface area contributed by atoms with Gasteiger partial charge in [-0.2, -0.15) is 10.2 Å². The number of ether oxygens (including phenoxy) is 1. The molecular formula is C18H17N3O3. The van der Waals surface area contributed by atoms with Crippen molar-refractivity contribution in [3.05, 3.63) is 52.9 Å². The minimum absolute atomic E-state index is 0.192. The van der Waals surface area contributed by atoms with Gasteiger partial charge in [0.05, 0.1) is 0 Å². The number of aryl methyl sites for hydroxylation is 2. The first-order valence-electron chi connectivity index (χ1n) is 7.48. The zero-order valence-electron chi connectivity index (χ0n) is 13.7. The molecule has 1 N–H and O–H groups in total. The molecule has 3 aromatic rings. The lowest BCUT2D eigenvalue weighted by molar-refractivity contribution is 0.271. The molecule has 0 radical (unpaired) electrons. The maximum atomic E-state index is 9.00. The predicted molar refractivity (Wildman–Crippen MR) is 88.7 cm³/mol. The zero-order chi connectivity index (χ0) is 17.1. The van der Waals surface area contributed by atoms with Crippen molar-refractivity contribution in [2.45, 2.75) is 20.5 Å². The third kappa shape index (κ3) is 3.10. The van der Waals surface area contributed by atoms with Gasteiger partial charge in [0.2, 0.25) is 11.6 Å². The number of anilines is 1. The topological polar surface area (TPSA) is 84.2 Å². The van der Waals surface area contributed by atoms with Gasteiger partial charge < -0.3 is 18.9 Å². The van der Waals surface area contributed by atoms with Gasteiger partial charge >= 0.3 is 0 Å². The molecule has 1 aromatic carbocycles. The van der Waals surface area contributed by atoms with Gasteiger partial charge in [0.25, 0.3) is 5.89 Å². The first-order chi connectivity index (χ1) is 11.6. The van der Waals surface area contributed by atoms with Crippen molar-refractivity contribution in [3.63, 3.8) is 0 Å². The lowest BCUT2D eigenvalue weighted by Crippen LogP contribution is -1.94. The van der Waals surface area contributed by atoms with Crippen LogP contribution in [-0.2, 0) is 6.61 Å². The van der Waals surface area contributed by atoms with Gasteiger partial charge in [-0.05, 0) is 49.2 Å². The molecule has 0 aliphatic carbocycles. The second-order valence-electron chi connectivity index (χ2n) is 5.36. The molecule has 0 aliphatic heterocycles. The van der Waals surface area contributed by atoms with Crippen molar-refractivity contribution < 1.29 is 13.6 Å². The fourth-order valence-corrected chi connectivity index (χ4v) is 2.20. The van der Waals surface area contributed by atoms with Crippen LogP contribution in [-0.4, -0.2) is 12.0 Å². The van der Waals surface area contributed by atoms with Gasteiger partial charge in [-0.1, -0.05) is 6.07 Å². The quantitative estimate of drug-likeness (QED) is 0.762. The fraction of sp³-hybridized carbons (Fsp3) is 0.222. The lowest BCUT2D eigenvalue weighted by Gasteiger charge is -2.06. The number of nitrogens with zero attached hydrogens (tertiary/aromatic N) is 2. The van der Waals surface area contributed by atoms with Crippen molar-refractivity contribution in [3.8, 4) is 23.5 Å². The van der Waals surface area contributed by atoms with Crippen LogP contribution in [0.1, 0.15) is 22.6 Å². The first-order valence-corrected chi connectivity index (χ1v) is 7.48. The molecule has 3 rings (SSSR count). The number of benzene rings is 1. The van der Waals surface area contributed by atoms with Crippen LogP contribution in [0.2, 0.25) is 0 Å². The molecule has 2 heterocycles. The van der Waals surface area contributed by atoms with Crippen LogP contribution in [0, 0.1) is 25.2 Å². The van der Waals surface area contributed by atoms with Crippen molar-refractivity contribution in [2.75, 3.05) is 12.4 Å². The summed E-state index contributed by atoms with van der Waals surface area (Å²) in [6.07, 6.45) is 0. The van der Waals surface area contributed by atoms with Gasteiger partial charge in [0.15, 0.2) is 5.76 Å². The summed E-state index contributed by atoms with van der Waals surface area (Å²) in [6, 6.07) is 11.4. The van der Waals surface area contributed by atoms with Gasteiger partial charge in [-0.15, -0.1) is 0 Å². The maximum absolute atomic E-state index is 9.00. The average Bonchev–Trinajstić information content (AvgIpc) is 3.21. The molecule has 0 amide bonds. The Morgan fingerprint density at radius 1 is 1.17 bits per heavy atom. The monoisotopic (exact) mass is 323 g/mol. The number of furan rings is 1. The molecule has 24 heavy (non-hydrogen) atoms. The Labute approximate surface area is 139 Å². The Morgan fingerprint density at radius 3 is 2.67 bits per heavy atom. The van der Waals surface area contributed by atoms with Crippen LogP contribution in [0.4, 0.5) is 5.88 Å². The van der Waals surface area contributed by atoms with Crippen LogP contribution >= 0.6 is 0 Å². The number of hydrogen-bond donors (Lipinski definition) is 1. The van der Waals surface area contributed by atoms with Crippen LogP contribution in [0.5, 0.6) is 5.75 Å². The number of oxazole rings is 1. The van der Waals surface area contributed by atoms with E-state index in [1.165, 1.54) is 11.1 Å². The smallest absolute Gasteiger partial charge is 0.266 e. The fourth-order valence-electron chi connectivity index (χ4n) is 2.20. The van der Waals surface area contributed by atoms with Crippen LogP contribution in [0.3, 0.4) is 0 Å². The molecule has 0 aliphatic rings. The summed E-state index contributed by atoms with van der Waals surface area (Å²) in [4.78, 5) is 4.10. The summed E-state index contributed by atoms with van der Waals surface area (Å²) in [7, 11) is 1.66. The lowest BCUT2D eigenvalue weighted by atomic mass is 10.1. The maximum Gasteiger partial charge on any atom is 0.266 e. The molecule has 0 fully saturated rings. The van der Waals surface area contributed by atoms with E-state index in [0.717, 1.165) is 5.75 Å². The van der Waals surface area contributed by atoms with Crippen molar-refractivity contribution in [1.29, 1.82) is 5.26 Å². The molecule has 0 bridgehead atoms. The van der Waals surface area contributed by atoms with E-state index in [0.29, 0.717) is 24.0 Å². The Balaban J connectivity index is 1.72. The highest BCUT2D eigenvalue weighted by Crippen LogP contribution is 2.27. The molecule has 6 heteroatoms.